The van der Waals surface area contributed by atoms with Crippen molar-refractivity contribution in [2.75, 3.05) is 5.75 Å². The molecule has 2 bridgehead atoms. The molecule has 0 aromatic heterocycles. The molecule has 2 aliphatic rings. The zero-order chi connectivity index (χ0) is 13.8. The largest absolute Gasteiger partial charge is 0.392 e. The predicted molar refractivity (Wildman–Crippen MR) is 76.7 cm³/mol. The molecule has 0 aliphatic heterocycles. The quantitative estimate of drug-likeness (QED) is 0.768. The summed E-state index contributed by atoms with van der Waals surface area (Å²) in [6, 6.07) is -0.0110. The Labute approximate surface area is 115 Å². The molecule has 0 aromatic rings. The van der Waals surface area contributed by atoms with Crippen LogP contribution in [0.2, 0.25) is 0 Å². The van der Waals surface area contributed by atoms with Gasteiger partial charge in [-0.3, -0.25) is 0 Å². The second-order valence-electron chi connectivity index (χ2n) is 6.69. The van der Waals surface area contributed by atoms with E-state index in [-0.39, 0.29) is 27.6 Å². The van der Waals surface area contributed by atoms with Gasteiger partial charge in [0, 0.05) is 6.04 Å². The molecule has 18 heavy (non-hydrogen) atoms. The van der Waals surface area contributed by atoms with Gasteiger partial charge in [-0.15, -0.1) is 0 Å². The number of hydrogen-bond donors (Lipinski definition) is 2. The summed E-state index contributed by atoms with van der Waals surface area (Å²) in [7, 11) is -3.41. The minimum atomic E-state index is -3.41. The number of fused-ring (bicyclic) bond motifs is 2. The molecule has 2 aliphatic carbocycles. The molecular weight excluding hydrogens is 268 g/mol. The average Bonchev–Trinajstić information content (AvgIpc) is 2.62. The molecular formula is C12H22N2O2S2. The van der Waals surface area contributed by atoms with Gasteiger partial charge in [0.25, 0.3) is 0 Å². The molecule has 104 valence electrons. The average molecular weight is 290 g/mol. The Hall–Kier alpha value is -0.200. The molecule has 0 amide bonds. The standard InChI is InChI=1S/C12H22N2O2S2/c1-11(2)8-4-5-12(3,6-8)10(11)14-18(15,16)7-9(13)17/h8,10,14H,4-7H2,1-3H3,(H2,13,17). The predicted octanol–water partition coefficient (Wildman–Crippen LogP) is 1.41. The van der Waals surface area contributed by atoms with Crippen molar-refractivity contribution in [1.82, 2.24) is 4.72 Å². The number of thiocarbonyl (C=S) groups is 1. The molecule has 2 fully saturated rings. The van der Waals surface area contributed by atoms with Crippen LogP contribution in [0.5, 0.6) is 0 Å². The van der Waals surface area contributed by atoms with Gasteiger partial charge in [-0.25, -0.2) is 13.1 Å². The van der Waals surface area contributed by atoms with Crippen molar-refractivity contribution in [3.05, 3.63) is 0 Å². The first-order chi connectivity index (χ1) is 8.07. The number of sulfonamides is 1. The Balaban J connectivity index is 2.21. The number of rotatable bonds is 4. The minimum absolute atomic E-state index is 0.0102. The van der Waals surface area contributed by atoms with Crippen LogP contribution in [0.15, 0.2) is 0 Å². The summed E-state index contributed by atoms with van der Waals surface area (Å²) in [4.78, 5) is 0.0219. The number of nitrogens with one attached hydrogen (secondary N) is 1. The number of hydrogen-bond acceptors (Lipinski definition) is 3. The summed E-state index contributed by atoms with van der Waals surface area (Å²) in [6.45, 7) is 6.52. The maximum absolute atomic E-state index is 12.0. The van der Waals surface area contributed by atoms with Gasteiger partial charge in [0.1, 0.15) is 5.75 Å². The summed E-state index contributed by atoms with van der Waals surface area (Å²) < 4.78 is 26.9. The van der Waals surface area contributed by atoms with Gasteiger partial charge < -0.3 is 5.73 Å². The van der Waals surface area contributed by atoms with Crippen molar-refractivity contribution in [1.29, 1.82) is 0 Å². The van der Waals surface area contributed by atoms with Crippen LogP contribution in [0.1, 0.15) is 40.0 Å². The topological polar surface area (TPSA) is 72.2 Å². The Kier molecular flexibility index (Phi) is 3.28. The molecule has 3 unspecified atom stereocenters. The molecule has 2 saturated carbocycles. The first-order valence-electron chi connectivity index (χ1n) is 6.35. The summed E-state index contributed by atoms with van der Waals surface area (Å²) in [6.07, 6.45) is 3.42. The highest BCUT2D eigenvalue weighted by molar-refractivity contribution is 7.92. The maximum Gasteiger partial charge on any atom is 0.218 e. The van der Waals surface area contributed by atoms with E-state index >= 15 is 0 Å². The summed E-state index contributed by atoms with van der Waals surface area (Å²) >= 11 is 4.69. The van der Waals surface area contributed by atoms with Gasteiger partial charge in [-0.1, -0.05) is 33.0 Å². The highest BCUT2D eigenvalue weighted by Gasteiger charge is 2.60. The van der Waals surface area contributed by atoms with Gasteiger partial charge in [-0.2, -0.15) is 0 Å². The molecule has 0 spiro atoms. The molecule has 6 heteroatoms. The van der Waals surface area contributed by atoms with Gasteiger partial charge in [0.15, 0.2) is 0 Å². The smallest absolute Gasteiger partial charge is 0.218 e. The molecule has 0 saturated heterocycles. The van der Waals surface area contributed by atoms with Crippen LogP contribution in [0.25, 0.3) is 0 Å². The van der Waals surface area contributed by atoms with E-state index in [9.17, 15) is 8.42 Å². The molecule has 0 aromatic carbocycles. The summed E-state index contributed by atoms with van der Waals surface area (Å²) in [5.41, 5.74) is 5.43. The van der Waals surface area contributed by atoms with Crippen LogP contribution >= 0.6 is 12.2 Å². The van der Waals surface area contributed by atoms with Crippen LogP contribution in [-0.4, -0.2) is 25.2 Å². The van der Waals surface area contributed by atoms with Crippen molar-refractivity contribution in [3.8, 4) is 0 Å². The van der Waals surface area contributed by atoms with E-state index in [1.165, 1.54) is 6.42 Å². The third-order valence-electron chi connectivity index (χ3n) is 4.90. The fourth-order valence-electron chi connectivity index (χ4n) is 4.00. The highest BCUT2D eigenvalue weighted by Crippen LogP contribution is 2.62. The normalized spacial score (nSPS) is 37.9. The van der Waals surface area contributed by atoms with E-state index in [4.69, 9.17) is 18.0 Å². The van der Waals surface area contributed by atoms with Gasteiger partial charge in [0.2, 0.25) is 10.0 Å². The van der Waals surface area contributed by atoms with E-state index in [1.54, 1.807) is 0 Å². The van der Waals surface area contributed by atoms with Crippen LogP contribution in [0.3, 0.4) is 0 Å². The first-order valence-corrected chi connectivity index (χ1v) is 8.41. The monoisotopic (exact) mass is 290 g/mol. The molecule has 0 heterocycles. The van der Waals surface area contributed by atoms with Crippen LogP contribution < -0.4 is 10.5 Å². The number of nitrogens with two attached hydrogens (primary N) is 1. The SMILES string of the molecule is CC12CCC(C1)C(C)(C)C2NS(=O)(=O)CC(N)=S. The second-order valence-corrected chi connectivity index (χ2v) is 8.97. The van der Waals surface area contributed by atoms with E-state index in [0.717, 1.165) is 12.8 Å². The van der Waals surface area contributed by atoms with Gasteiger partial charge in [-0.05, 0) is 36.0 Å². The van der Waals surface area contributed by atoms with E-state index in [1.807, 2.05) is 0 Å². The molecule has 4 nitrogen and oxygen atoms in total. The first kappa shape index (κ1) is 14.2. The summed E-state index contributed by atoms with van der Waals surface area (Å²) in [5.74, 6) is 0.357. The third-order valence-corrected chi connectivity index (χ3v) is 6.51. The lowest BCUT2D eigenvalue weighted by Gasteiger charge is -2.42. The van der Waals surface area contributed by atoms with Crippen LogP contribution in [0, 0.1) is 16.7 Å². The van der Waals surface area contributed by atoms with Gasteiger partial charge >= 0.3 is 0 Å². The zero-order valence-electron chi connectivity index (χ0n) is 11.2. The fourth-order valence-corrected chi connectivity index (χ4v) is 5.88. The summed E-state index contributed by atoms with van der Waals surface area (Å²) in [5, 5.41) is 0. The molecule has 2 rings (SSSR count). The fraction of sp³-hybridized carbons (Fsp3) is 0.917. The Bertz CT molecular complexity index is 468. The van der Waals surface area contributed by atoms with Crippen LogP contribution in [-0.2, 0) is 10.0 Å². The lowest BCUT2D eigenvalue weighted by Crippen LogP contribution is -2.53. The third kappa shape index (κ3) is 2.30. The van der Waals surface area contributed by atoms with Crippen molar-refractivity contribution in [2.24, 2.45) is 22.5 Å². The van der Waals surface area contributed by atoms with Crippen molar-refractivity contribution in [2.45, 2.75) is 46.1 Å². The zero-order valence-corrected chi connectivity index (χ0v) is 12.8. The Morgan fingerprint density at radius 3 is 2.50 bits per heavy atom. The van der Waals surface area contributed by atoms with E-state index in [2.05, 4.69) is 25.5 Å². The molecule has 3 N–H and O–H groups in total. The van der Waals surface area contributed by atoms with Gasteiger partial charge in [0.05, 0.1) is 4.99 Å². The lowest BCUT2D eigenvalue weighted by atomic mass is 9.69. The van der Waals surface area contributed by atoms with E-state index < -0.39 is 10.0 Å². The van der Waals surface area contributed by atoms with E-state index in [0.29, 0.717) is 5.92 Å². The van der Waals surface area contributed by atoms with Crippen LogP contribution in [0.4, 0.5) is 0 Å². The Morgan fingerprint density at radius 2 is 2.06 bits per heavy atom. The van der Waals surface area contributed by atoms with Crippen molar-refractivity contribution < 1.29 is 8.42 Å². The van der Waals surface area contributed by atoms with Crippen molar-refractivity contribution >= 4 is 27.2 Å². The second kappa shape index (κ2) is 4.15. The van der Waals surface area contributed by atoms with Crippen molar-refractivity contribution in [3.63, 3.8) is 0 Å². The molecule has 3 atom stereocenters. The highest BCUT2D eigenvalue weighted by atomic mass is 32.2. The minimum Gasteiger partial charge on any atom is -0.392 e. The maximum atomic E-state index is 12.0. The lowest BCUT2D eigenvalue weighted by molar-refractivity contribution is 0.128. The Morgan fingerprint density at radius 1 is 1.44 bits per heavy atom. The molecule has 0 radical (unpaired) electrons.